The Labute approximate surface area is 143 Å². The molecule has 0 radical (unpaired) electrons. The van der Waals surface area contributed by atoms with Crippen molar-refractivity contribution in [1.82, 2.24) is 9.13 Å². The third-order valence-corrected chi connectivity index (χ3v) is 5.19. The number of fused-ring (bicyclic) bond motifs is 2. The maximum atomic E-state index is 2.33. The third-order valence-electron chi connectivity index (χ3n) is 5.19. The summed E-state index contributed by atoms with van der Waals surface area (Å²) in [5, 5.41) is 2.73. The van der Waals surface area contributed by atoms with E-state index in [2.05, 4.69) is 98.0 Å². The Morgan fingerprint density at radius 2 is 1.08 bits per heavy atom. The van der Waals surface area contributed by atoms with Gasteiger partial charge in [-0.1, -0.05) is 50.2 Å². The van der Waals surface area contributed by atoms with Gasteiger partial charge < -0.3 is 9.13 Å². The number of rotatable bonds is 3. The van der Waals surface area contributed by atoms with Crippen LogP contribution in [0.1, 0.15) is 30.9 Å². The summed E-state index contributed by atoms with van der Waals surface area (Å²) in [7, 11) is 4.29. The molecular formula is C22H24N2. The molecule has 0 aliphatic rings. The van der Waals surface area contributed by atoms with Gasteiger partial charge in [0.1, 0.15) is 0 Å². The normalized spacial score (nSPS) is 12.1. The standard InChI is InChI=1S/C22H24N2/c1-15(2)22(18-13-23(3)20-11-7-5-9-16(18)20)19-14-24(4)21-12-8-6-10-17(19)21/h5-15,22H,1-4H3. The molecule has 2 nitrogen and oxygen atoms in total. The molecule has 0 aliphatic heterocycles. The van der Waals surface area contributed by atoms with E-state index in [9.17, 15) is 0 Å². The molecule has 2 heteroatoms. The molecule has 0 spiro atoms. The van der Waals surface area contributed by atoms with E-state index < -0.39 is 0 Å². The number of benzene rings is 2. The maximum Gasteiger partial charge on any atom is 0.0480 e. The van der Waals surface area contributed by atoms with Gasteiger partial charge in [-0.05, 0) is 29.2 Å². The van der Waals surface area contributed by atoms with Crippen LogP contribution in [0.3, 0.4) is 0 Å². The lowest BCUT2D eigenvalue weighted by atomic mass is 9.82. The van der Waals surface area contributed by atoms with Gasteiger partial charge in [-0.2, -0.15) is 0 Å². The van der Waals surface area contributed by atoms with Crippen LogP contribution in [0.15, 0.2) is 60.9 Å². The molecule has 0 fully saturated rings. The van der Waals surface area contributed by atoms with Gasteiger partial charge in [-0.15, -0.1) is 0 Å². The molecule has 0 bridgehead atoms. The topological polar surface area (TPSA) is 9.86 Å². The van der Waals surface area contributed by atoms with Crippen molar-refractivity contribution in [3.63, 3.8) is 0 Å². The molecule has 4 aromatic rings. The van der Waals surface area contributed by atoms with E-state index in [4.69, 9.17) is 0 Å². The molecule has 2 heterocycles. The van der Waals surface area contributed by atoms with Crippen molar-refractivity contribution in [3.8, 4) is 0 Å². The molecule has 122 valence electrons. The highest BCUT2D eigenvalue weighted by atomic mass is 14.9. The Morgan fingerprint density at radius 3 is 1.50 bits per heavy atom. The zero-order valence-corrected chi connectivity index (χ0v) is 14.8. The van der Waals surface area contributed by atoms with E-state index in [0.717, 1.165) is 0 Å². The Morgan fingerprint density at radius 1 is 0.667 bits per heavy atom. The molecule has 0 aliphatic carbocycles. The van der Waals surface area contributed by atoms with Gasteiger partial charge in [0.25, 0.3) is 0 Å². The highest BCUT2D eigenvalue weighted by molar-refractivity contribution is 5.88. The van der Waals surface area contributed by atoms with Crippen molar-refractivity contribution >= 4 is 21.8 Å². The SMILES string of the molecule is CC(C)C(c1cn(C)c2ccccc12)c1cn(C)c2ccccc12. The number of hydrogen-bond acceptors (Lipinski definition) is 0. The first-order valence-corrected chi connectivity index (χ1v) is 8.66. The van der Waals surface area contributed by atoms with E-state index in [1.807, 2.05) is 0 Å². The lowest BCUT2D eigenvalue weighted by molar-refractivity contribution is 0.567. The van der Waals surface area contributed by atoms with Crippen LogP contribution in [0.5, 0.6) is 0 Å². The number of para-hydroxylation sites is 2. The second-order valence-corrected chi connectivity index (χ2v) is 7.15. The van der Waals surface area contributed by atoms with Gasteiger partial charge in [-0.3, -0.25) is 0 Å². The van der Waals surface area contributed by atoms with E-state index in [0.29, 0.717) is 11.8 Å². The monoisotopic (exact) mass is 316 g/mol. The summed E-state index contributed by atoms with van der Waals surface area (Å²) in [5.41, 5.74) is 5.47. The summed E-state index contributed by atoms with van der Waals surface area (Å²) in [5.74, 6) is 0.920. The van der Waals surface area contributed by atoms with Crippen molar-refractivity contribution in [3.05, 3.63) is 72.1 Å². The lowest BCUT2D eigenvalue weighted by Crippen LogP contribution is -2.08. The molecule has 0 atom stereocenters. The highest BCUT2D eigenvalue weighted by Gasteiger charge is 2.25. The summed E-state index contributed by atoms with van der Waals surface area (Å²) < 4.78 is 4.51. The number of aryl methyl sites for hydroxylation is 2. The smallest absolute Gasteiger partial charge is 0.0480 e. The number of hydrogen-bond donors (Lipinski definition) is 0. The van der Waals surface area contributed by atoms with Crippen LogP contribution in [0.4, 0.5) is 0 Å². The van der Waals surface area contributed by atoms with Gasteiger partial charge >= 0.3 is 0 Å². The summed E-state index contributed by atoms with van der Waals surface area (Å²) in [4.78, 5) is 0. The van der Waals surface area contributed by atoms with Crippen molar-refractivity contribution < 1.29 is 0 Å². The summed E-state index contributed by atoms with van der Waals surface area (Å²) >= 11 is 0. The quantitative estimate of drug-likeness (QED) is 0.475. The maximum absolute atomic E-state index is 2.33. The van der Waals surface area contributed by atoms with Crippen molar-refractivity contribution in [2.45, 2.75) is 19.8 Å². The van der Waals surface area contributed by atoms with E-state index in [1.54, 1.807) is 0 Å². The summed E-state index contributed by atoms with van der Waals surface area (Å²) in [6.45, 7) is 4.66. The van der Waals surface area contributed by atoms with Gasteiger partial charge in [0.05, 0.1) is 0 Å². The van der Waals surface area contributed by atoms with E-state index in [1.165, 1.54) is 32.9 Å². The second-order valence-electron chi connectivity index (χ2n) is 7.15. The molecule has 24 heavy (non-hydrogen) atoms. The van der Waals surface area contributed by atoms with Crippen LogP contribution >= 0.6 is 0 Å². The summed E-state index contributed by atoms with van der Waals surface area (Å²) in [6.07, 6.45) is 4.63. The largest absolute Gasteiger partial charge is 0.350 e. The predicted molar refractivity (Wildman–Crippen MR) is 103 cm³/mol. The van der Waals surface area contributed by atoms with Gasteiger partial charge in [0, 0.05) is 54.2 Å². The highest BCUT2D eigenvalue weighted by Crippen LogP contribution is 2.40. The van der Waals surface area contributed by atoms with Crippen LogP contribution in [0.25, 0.3) is 21.8 Å². The first-order valence-electron chi connectivity index (χ1n) is 8.66. The van der Waals surface area contributed by atoms with E-state index in [-0.39, 0.29) is 0 Å². The zero-order chi connectivity index (χ0) is 16.8. The molecule has 0 amide bonds. The second kappa shape index (κ2) is 5.55. The van der Waals surface area contributed by atoms with Crippen LogP contribution < -0.4 is 0 Å². The van der Waals surface area contributed by atoms with Crippen LogP contribution in [0, 0.1) is 5.92 Å². The van der Waals surface area contributed by atoms with Crippen molar-refractivity contribution in [2.75, 3.05) is 0 Å². The minimum absolute atomic E-state index is 0.391. The van der Waals surface area contributed by atoms with Gasteiger partial charge in [0.2, 0.25) is 0 Å². The first-order chi connectivity index (χ1) is 11.6. The number of aromatic nitrogens is 2. The molecule has 2 aromatic carbocycles. The van der Waals surface area contributed by atoms with Crippen molar-refractivity contribution in [2.24, 2.45) is 20.0 Å². The third kappa shape index (κ3) is 2.17. The van der Waals surface area contributed by atoms with Gasteiger partial charge in [0.15, 0.2) is 0 Å². The first kappa shape index (κ1) is 15.1. The Balaban J connectivity index is 2.00. The van der Waals surface area contributed by atoms with Crippen LogP contribution in [0.2, 0.25) is 0 Å². The molecule has 0 saturated heterocycles. The average Bonchev–Trinajstić information content (AvgIpc) is 3.08. The van der Waals surface area contributed by atoms with Gasteiger partial charge in [-0.25, -0.2) is 0 Å². The fraction of sp³-hybridized carbons (Fsp3) is 0.273. The predicted octanol–water partition coefficient (Wildman–Crippen LogP) is 5.46. The molecule has 2 aromatic heterocycles. The number of nitrogens with zero attached hydrogens (tertiary/aromatic N) is 2. The Bertz CT molecular complexity index is 937. The fourth-order valence-electron chi connectivity index (χ4n) is 4.13. The Kier molecular flexibility index (Phi) is 3.49. The average molecular weight is 316 g/mol. The Hall–Kier alpha value is -2.48. The summed E-state index contributed by atoms with van der Waals surface area (Å²) in [6, 6.07) is 17.5. The van der Waals surface area contributed by atoms with Crippen molar-refractivity contribution in [1.29, 1.82) is 0 Å². The molecule has 0 unspecified atom stereocenters. The fourth-order valence-corrected chi connectivity index (χ4v) is 4.13. The molecule has 0 N–H and O–H groups in total. The lowest BCUT2D eigenvalue weighted by Gasteiger charge is -2.20. The zero-order valence-electron chi connectivity index (χ0n) is 14.8. The molecule has 0 saturated carbocycles. The van der Waals surface area contributed by atoms with Crippen LogP contribution in [-0.2, 0) is 14.1 Å². The molecule has 4 rings (SSSR count). The minimum Gasteiger partial charge on any atom is -0.350 e. The van der Waals surface area contributed by atoms with Crippen LogP contribution in [-0.4, -0.2) is 9.13 Å². The van der Waals surface area contributed by atoms with E-state index >= 15 is 0 Å². The molecular weight excluding hydrogens is 292 g/mol. The minimum atomic E-state index is 0.391.